The van der Waals surface area contributed by atoms with Crippen LogP contribution in [-0.2, 0) is 4.79 Å². The maximum atomic E-state index is 13.1. The molecule has 0 bridgehead atoms. The number of rotatable bonds is 6. The van der Waals surface area contributed by atoms with E-state index in [1.807, 2.05) is 48.5 Å². The van der Waals surface area contributed by atoms with Gasteiger partial charge >= 0.3 is 0 Å². The van der Waals surface area contributed by atoms with Gasteiger partial charge < -0.3 is 15.4 Å². The molecule has 2 aromatic carbocycles. The molecule has 1 aliphatic rings. The molecule has 4 heteroatoms. The predicted molar refractivity (Wildman–Crippen MR) is 109 cm³/mol. The number of amides is 1. The van der Waals surface area contributed by atoms with Crippen molar-refractivity contribution in [1.29, 1.82) is 0 Å². The highest BCUT2D eigenvalue weighted by Crippen LogP contribution is 2.26. The fourth-order valence-electron chi connectivity index (χ4n) is 3.47. The van der Waals surface area contributed by atoms with Crippen LogP contribution in [0.4, 0.5) is 0 Å². The third-order valence-electron chi connectivity index (χ3n) is 5.23. The number of ether oxygens (including phenoxy) is 1. The summed E-state index contributed by atoms with van der Waals surface area (Å²) in [4.78, 5) is 13.1. The summed E-state index contributed by atoms with van der Waals surface area (Å²) in [7, 11) is 0. The van der Waals surface area contributed by atoms with Crippen molar-refractivity contribution in [3.63, 3.8) is 0 Å². The summed E-state index contributed by atoms with van der Waals surface area (Å²) in [5.41, 5.74) is 2.07. The summed E-state index contributed by atoms with van der Waals surface area (Å²) in [5.74, 6) is 1.47. The van der Waals surface area contributed by atoms with E-state index in [2.05, 4.69) is 37.5 Å². The Labute approximate surface area is 162 Å². The van der Waals surface area contributed by atoms with Crippen LogP contribution in [0.5, 0.6) is 5.75 Å². The van der Waals surface area contributed by atoms with Crippen molar-refractivity contribution in [1.82, 2.24) is 10.6 Å². The highest BCUT2D eigenvalue weighted by molar-refractivity contribution is 5.83. The first-order valence-corrected chi connectivity index (χ1v) is 9.87. The Morgan fingerprint density at radius 3 is 2.56 bits per heavy atom. The van der Waals surface area contributed by atoms with Gasteiger partial charge in [-0.3, -0.25) is 4.79 Å². The minimum atomic E-state index is -0.657. The van der Waals surface area contributed by atoms with Gasteiger partial charge in [0.25, 0.3) is 5.91 Å². The van der Waals surface area contributed by atoms with Gasteiger partial charge in [0.1, 0.15) is 5.75 Å². The fourth-order valence-corrected chi connectivity index (χ4v) is 3.47. The molecule has 4 nitrogen and oxygen atoms in total. The van der Waals surface area contributed by atoms with E-state index >= 15 is 0 Å². The molecule has 3 atom stereocenters. The van der Waals surface area contributed by atoms with Gasteiger partial charge in [-0.15, -0.1) is 0 Å². The Hall–Kier alpha value is -2.33. The van der Waals surface area contributed by atoms with Crippen molar-refractivity contribution in [2.75, 3.05) is 13.1 Å². The fraction of sp³-hybridized carbons (Fsp3) is 0.435. The molecule has 3 rings (SSSR count). The van der Waals surface area contributed by atoms with Crippen molar-refractivity contribution in [3.8, 4) is 5.75 Å². The quantitative estimate of drug-likeness (QED) is 0.811. The minimum absolute atomic E-state index is 0.0742. The number of carbonyl (C=O) groups is 1. The van der Waals surface area contributed by atoms with Gasteiger partial charge in [-0.1, -0.05) is 63.2 Å². The summed E-state index contributed by atoms with van der Waals surface area (Å²) in [6.07, 6.45) is 0.285. The van der Waals surface area contributed by atoms with Gasteiger partial charge in [0.15, 0.2) is 0 Å². The highest BCUT2D eigenvalue weighted by atomic mass is 16.5. The molecule has 1 amide bonds. The first-order valence-electron chi connectivity index (χ1n) is 9.87. The standard InChI is InChI=1S/C23H30N2O2/c1-16(2)19-10-7-11-20(14-19)27-22(18-8-5-4-6-9-18)23(26)25-21-12-13-24-15-17(21)3/h4-11,14,16-17,21-22,24H,12-13,15H2,1-3H3,(H,25,26). The topological polar surface area (TPSA) is 50.4 Å². The van der Waals surface area contributed by atoms with Crippen molar-refractivity contribution in [3.05, 3.63) is 65.7 Å². The molecule has 2 aromatic rings. The first kappa shape index (κ1) is 19.4. The molecule has 27 heavy (non-hydrogen) atoms. The Morgan fingerprint density at radius 1 is 1.11 bits per heavy atom. The molecule has 1 aliphatic heterocycles. The molecule has 1 heterocycles. The highest BCUT2D eigenvalue weighted by Gasteiger charge is 2.28. The molecule has 0 saturated carbocycles. The molecule has 0 radical (unpaired) electrons. The summed E-state index contributed by atoms with van der Waals surface area (Å²) in [5, 5.41) is 6.59. The van der Waals surface area contributed by atoms with E-state index in [0.717, 1.165) is 30.8 Å². The molecule has 1 fully saturated rings. The van der Waals surface area contributed by atoms with Crippen LogP contribution in [0.1, 0.15) is 50.3 Å². The molecular formula is C23H30N2O2. The Balaban J connectivity index is 1.81. The third kappa shape index (κ3) is 5.10. The molecule has 3 unspecified atom stereocenters. The zero-order valence-corrected chi connectivity index (χ0v) is 16.4. The van der Waals surface area contributed by atoms with Gasteiger partial charge in [0.2, 0.25) is 6.10 Å². The maximum Gasteiger partial charge on any atom is 0.266 e. The van der Waals surface area contributed by atoms with E-state index in [4.69, 9.17) is 4.74 Å². The van der Waals surface area contributed by atoms with Crippen molar-refractivity contribution >= 4 is 5.91 Å². The van der Waals surface area contributed by atoms with E-state index in [1.54, 1.807) is 0 Å². The van der Waals surface area contributed by atoms with Crippen LogP contribution in [0, 0.1) is 5.92 Å². The van der Waals surface area contributed by atoms with Crippen LogP contribution in [-0.4, -0.2) is 25.0 Å². The normalized spacial score (nSPS) is 20.9. The largest absolute Gasteiger partial charge is 0.476 e. The summed E-state index contributed by atoms with van der Waals surface area (Å²) >= 11 is 0. The molecule has 0 aliphatic carbocycles. The maximum absolute atomic E-state index is 13.1. The number of hydrogen-bond acceptors (Lipinski definition) is 3. The molecule has 1 saturated heterocycles. The Morgan fingerprint density at radius 2 is 1.85 bits per heavy atom. The summed E-state index contributed by atoms with van der Waals surface area (Å²) in [6, 6.07) is 17.9. The second-order valence-electron chi connectivity index (χ2n) is 7.72. The van der Waals surface area contributed by atoms with E-state index in [9.17, 15) is 4.79 Å². The van der Waals surface area contributed by atoms with Gasteiger partial charge in [-0.05, 0) is 49.0 Å². The predicted octanol–water partition coefficient (Wildman–Crippen LogP) is 4.04. The second kappa shape index (κ2) is 9.05. The van der Waals surface area contributed by atoms with E-state index in [1.165, 1.54) is 5.56 Å². The zero-order chi connectivity index (χ0) is 19.2. The number of benzene rings is 2. The zero-order valence-electron chi connectivity index (χ0n) is 16.4. The Kier molecular flexibility index (Phi) is 6.51. The smallest absolute Gasteiger partial charge is 0.266 e. The molecule has 0 spiro atoms. The average molecular weight is 367 g/mol. The van der Waals surface area contributed by atoms with Crippen LogP contribution in [0.3, 0.4) is 0 Å². The minimum Gasteiger partial charge on any atom is -0.476 e. The molecular weight excluding hydrogens is 336 g/mol. The second-order valence-corrected chi connectivity index (χ2v) is 7.72. The lowest BCUT2D eigenvalue weighted by molar-refractivity contribution is -0.129. The van der Waals surface area contributed by atoms with Crippen molar-refractivity contribution in [2.45, 2.75) is 45.3 Å². The van der Waals surface area contributed by atoms with Crippen LogP contribution in [0.25, 0.3) is 0 Å². The van der Waals surface area contributed by atoms with Crippen molar-refractivity contribution < 1.29 is 9.53 Å². The molecule has 0 aromatic heterocycles. The SMILES string of the molecule is CC(C)c1cccc(OC(C(=O)NC2CCNCC2C)c2ccccc2)c1. The van der Waals surface area contributed by atoms with Gasteiger partial charge in [-0.2, -0.15) is 0 Å². The summed E-state index contributed by atoms with van der Waals surface area (Å²) < 4.78 is 6.20. The molecule has 2 N–H and O–H groups in total. The van der Waals surface area contributed by atoms with Crippen LogP contribution in [0.15, 0.2) is 54.6 Å². The summed E-state index contributed by atoms with van der Waals surface area (Å²) in [6.45, 7) is 8.33. The number of carbonyl (C=O) groups excluding carboxylic acids is 1. The molecule has 144 valence electrons. The number of hydrogen-bond donors (Lipinski definition) is 2. The van der Waals surface area contributed by atoms with Crippen LogP contribution >= 0.6 is 0 Å². The number of piperidine rings is 1. The van der Waals surface area contributed by atoms with Gasteiger partial charge in [0, 0.05) is 11.6 Å². The lowest BCUT2D eigenvalue weighted by atomic mass is 9.95. The van der Waals surface area contributed by atoms with Crippen molar-refractivity contribution in [2.24, 2.45) is 5.92 Å². The first-order chi connectivity index (χ1) is 13.0. The Bertz CT molecular complexity index is 745. The third-order valence-corrected chi connectivity index (χ3v) is 5.23. The van der Waals surface area contributed by atoms with E-state index in [0.29, 0.717) is 11.8 Å². The van der Waals surface area contributed by atoms with Crippen LogP contribution in [0.2, 0.25) is 0 Å². The van der Waals surface area contributed by atoms with Gasteiger partial charge in [0.05, 0.1) is 0 Å². The van der Waals surface area contributed by atoms with Gasteiger partial charge in [-0.25, -0.2) is 0 Å². The van der Waals surface area contributed by atoms with Crippen LogP contribution < -0.4 is 15.4 Å². The average Bonchev–Trinajstić information content (AvgIpc) is 2.68. The lowest BCUT2D eigenvalue weighted by Crippen LogP contribution is -2.50. The monoisotopic (exact) mass is 366 g/mol. The van der Waals surface area contributed by atoms with E-state index < -0.39 is 6.10 Å². The van der Waals surface area contributed by atoms with E-state index in [-0.39, 0.29) is 11.9 Å². The lowest BCUT2D eigenvalue weighted by Gasteiger charge is -2.31. The number of nitrogens with one attached hydrogen (secondary N) is 2.